The van der Waals surface area contributed by atoms with Crippen LogP contribution in [0.15, 0.2) is 69.5 Å². The third-order valence-corrected chi connectivity index (χ3v) is 9.46. The van der Waals surface area contributed by atoms with Gasteiger partial charge in [0.25, 0.3) is 0 Å². The molecule has 1 aliphatic carbocycles. The molecule has 0 bridgehead atoms. The van der Waals surface area contributed by atoms with Gasteiger partial charge in [0, 0.05) is 28.4 Å². The van der Waals surface area contributed by atoms with Crippen molar-refractivity contribution in [3.8, 4) is 17.6 Å². The van der Waals surface area contributed by atoms with E-state index in [0.29, 0.717) is 61.4 Å². The summed E-state index contributed by atoms with van der Waals surface area (Å²) in [5, 5.41) is 22.8. The molecule has 2 aliphatic rings. The Balaban J connectivity index is 1.49. The molecule has 5 rings (SSSR count). The number of thioether (sulfide) groups is 1. The molecule has 0 saturated heterocycles. The van der Waals surface area contributed by atoms with Crippen molar-refractivity contribution in [2.45, 2.75) is 36.9 Å². The third kappa shape index (κ3) is 6.20. The Hall–Kier alpha value is -4.05. The summed E-state index contributed by atoms with van der Waals surface area (Å²) < 4.78 is 11.4. The van der Waals surface area contributed by atoms with Gasteiger partial charge in [0.15, 0.2) is 21.6 Å². The fourth-order valence-electron chi connectivity index (χ4n) is 5.30. The summed E-state index contributed by atoms with van der Waals surface area (Å²) in [6, 6.07) is 14.4. The Kier molecular flexibility index (Phi) is 8.69. The highest BCUT2D eigenvalue weighted by molar-refractivity contribution is 8.01. The molecule has 3 N–H and O–H groups in total. The Labute approximate surface area is 262 Å². The minimum absolute atomic E-state index is 0.0609. The number of nitrogens with one attached hydrogen (secondary N) is 1. The number of anilines is 2. The number of methoxy groups -OCH3 is 2. The number of carbonyl (C=O) groups excluding carboxylic acids is 2. The number of aromatic nitrogens is 2. The number of ketones is 1. The topological polar surface area (TPSA) is 143 Å². The summed E-state index contributed by atoms with van der Waals surface area (Å²) >= 11 is 8.38. The van der Waals surface area contributed by atoms with Crippen LogP contribution in [0.5, 0.6) is 11.5 Å². The molecular weight excluding hydrogens is 608 g/mol. The molecule has 0 fully saturated rings. The molecular formula is C30H29ClN6O4S2. The molecule has 1 atom stereocenters. The highest BCUT2D eigenvalue weighted by Crippen LogP contribution is 2.51. The number of halogens is 1. The number of hydrogen-bond acceptors (Lipinski definition) is 11. The molecule has 10 nitrogen and oxygen atoms in total. The van der Waals surface area contributed by atoms with E-state index in [0.717, 1.165) is 0 Å². The molecule has 3 aromatic rings. The van der Waals surface area contributed by atoms with Crippen molar-refractivity contribution < 1.29 is 19.1 Å². The van der Waals surface area contributed by atoms with E-state index in [-0.39, 0.29) is 34.3 Å². The van der Waals surface area contributed by atoms with E-state index in [9.17, 15) is 14.9 Å². The van der Waals surface area contributed by atoms with Crippen LogP contribution in [0.3, 0.4) is 0 Å². The van der Waals surface area contributed by atoms with Gasteiger partial charge >= 0.3 is 0 Å². The van der Waals surface area contributed by atoms with Crippen LogP contribution >= 0.6 is 34.7 Å². The number of Topliss-reactive ketones (excluding diaryl/α,β-unsaturated/α-hetero) is 1. The Bertz CT molecular complexity index is 1690. The quantitative estimate of drug-likeness (QED) is 0.288. The number of hydrogen-bond donors (Lipinski definition) is 2. The maximum Gasteiger partial charge on any atom is 0.234 e. The lowest BCUT2D eigenvalue weighted by molar-refractivity contribution is -0.118. The van der Waals surface area contributed by atoms with Gasteiger partial charge in [-0.1, -0.05) is 54.6 Å². The van der Waals surface area contributed by atoms with Crippen molar-refractivity contribution >= 4 is 57.2 Å². The number of allylic oxidation sites excluding steroid dienone is 3. The van der Waals surface area contributed by atoms with E-state index in [1.165, 1.54) is 30.2 Å². The summed E-state index contributed by atoms with van der Waals surface area (Å²) in [5.41, 5.74) is 9.13. The average molecular weight is 637 g/mol. The van der Waals surface area contributed by atoms with Gasteiger partial charge in [0.2, 0.25) is 11.0 Å². The molecule has 1 unspecified atom stereocenters. The minimum Gasteiger partial charge on any atom is -0.493 e. The molecule has 1 aromatic heterocycles. The molecule has 43 heavy (non-hydrogen) atoms. The molecule has 2 aromatic carbocycles. The van der Waals surface area contributed by atoms with Crippen LogP contribution < -0.4 is 25.4 Å². The lowest BCUT2D eigenvalue weighted by Crippen LogP contribution is -2.42. The lowest BCUT2D eigenvalue weighted by atomic mass is 9.68. The maximum atomic E-state index is 13.8. The van der Waals surface area contributed by atoms with Crippen LogP contribution in [0.1, 0.15) is 38.2 Å². The molecule has 2 heterocycles. The van der Waals surface area contributed by atoms with E-state index in [4.69, 9.17) is 26.8 Å². The number of benzene rings is 2. The van der Waals surface area contributed by atoms with Crippen molar-refractivity contribution in [2.24, 2.45) is 11.1 Å². The standard InChI is InChI=1S/C30H29ClN6O4S2/c1-30(2)12-20-26(21(38)13-30)25(16-5-10-22(40-3)23(11-16)41-4)19(14-32)27(33)37(20)28-35-36-29(43-28)42-15-24(39)34-18-8-6-17(31)7-9-18/h5-11,25H,12-13,15,33H2,1-4H3,(H,34,39). The number of nitriles is 1. The van der Waals surface area contributed by atoms with E-state index in [1.54, 1.807) is 48.4 Å². The highest BCUT2D eigenvalue weighted by Gasteiger charge is 2.45. The number of carbonyl (C=O) groups is 2. The fourth-order valence-corrected chi connectivity index (χ4v) is 7.11. The lowest BCUT2D eigenvalue weighted by Gasteiger charge is -2.42. The molecule has 0 radical (unpaired) electrons. The average Bonchev–Trinajstić information content (AvgIpc) is 3.44. The second kappa shape index (κ2) is 12.3. The van der Waals surface area contributed by atoms with Gasteiger partial charge in [-0.2, -0.15) is 5.26 Å². The predicted octanol–water partition coefficient (Wildman–Crippen LogP) is 5.88. The number of nitrogens with zero attached hydrogens (tertiary/aromatic N) is 4. The van der Waals surface area contributed by atoms with E-state index >= 15 is 0 Å². The number of amides is 1. The summed E-state index contributed by atoms with van der Waals surface area (Å²) in [6.07, 6.45) is 0.852. The minimum atomic E-state index is -0.682. The first-order chi connectivity index (χ1) is 20.5. The summed E-state index contributed by atoms with van der Waals surface area (Å²) in [7, 11) is 3.08. The van der Waals surface area contributed by atoms with Crippen molar-refractivity contribution in [3.63, 3.8) is 0 Å². The molecule has 222 valence electrons. The van der Waals surface area contributed by atoms with E-state index in [2.05, 4.69) is 21.6 Å². The first kappa shape index (κ1) is 30.4. The smallest absolute Gasteiger partial charge is 0.234 e. The molecule has 1 amide bonds. The van der Waals surface area contributed by atoms with Gasteiger partial charge in [0.05, 0.1) is 37.5 Å². The summed E-state index contributed by atoms with van der Waals surface area (Å²) in [5.74, 6) is 0.343. The van der Waals surface area contributed by atoms with Crippen LogP contribution in [0.4, 0.5) is 10.8 Å². The van der Waals surface area contributed by atoms with Crippen LogP contribution in [0.25, 0.3) is 0 Å². The van der Waals surface area contributed by atoms with Gasteiger partial charge in [-0.25, -0.2) is 0 Å². The van der Waals surface area contributed by atoms with Crippen molar-refractivity contribution in [1.29, 1.82) is 5.26 Å². The predicted molar refractivity (Wildman–Crippen MR) is 167 cm³/mol. The summed E-state index contributed by atoms with van der Waals surface area (Å²) in [6.45, 7) is 4.05. The van der Waals surface area contributed by atoms with Gasteiger partial charge < -0.3 is 20.5 Å². The molecule has 0 spiro atoms. The monoisotopic (exact) mass is 636 g/mol. The second-order valence-electron chi connectivity index (χ2n) is 10.8. The normalized spacial score (nSPS) is 17.8. The third-order valence-electron chi connectivity index (χ3n) is 7.16. The molecule has 1 aliphatic heterocycles. The van der Waals surface area contributed by atoms with Crippen LogP contribution in [-0.2, 0) is 9.59 Å². The van der Waals surface area contributed by atoms with Crippen molar-refractivity contribution in [1.82, 2.24) is 10.2 Å². The zero-order chi connectivity index (χ0) is 30.9. The van der Waals surface area contributed by atoms with Crippen molar-refractivity contribution in [3.05, 3.63) is 75.7 Å². The SMILES string of the molecule is COc1ccc(C2C(C#N)=C(N)N(c3nnc(SCC(=O)Nc4ccc(Cl)cc4)s3)C3=C2C(=O)CC(C)(C)C3)cc1OC. The van der Waals surface area contributed by atoms with Gasteiger partial charge in [0.1, 0.15) is 5.82 Å². The zero-order valence-corrected chi connectivity index (χ0v) is 26.3. The molecule has 13 heteroatoms. The highest BCUT2D eigenvalue weighted by atomic mass is 35.5. The fraction of sp³-hybridized carbons (Fsp3) is 0.300. The number of ether oxygens (including phenoxy) is 2. The number of nitrogens with two attached hydrogens (primary N) is 1. The van der Waals surface area contributed by atoms with Crippen LogP contribution in [0, 0.1) is 16.7 Å². The first-order valence-corrected chi connectivity index (χ1v) is 15.4. The maximum absolute atomic E-state index is 13.8. The molecule has 0 saturated carbocycles. The largest absolute Gasteiger partial charge is 0.493 e. The van der Waals surface area contributed by atoms with Crippen LogP contribution in [-0.4, -0.2) is 41.9 Å². The van der Waals surface area contributed by atoms with Crippen LogP contribution in [0.2, 0.25) is 5.02 Å². The Morgan fingerprint density at radius 1 is 1.19 bits per heavy atom. The summed E-state index contributed by atoms with van der Waals surface area (Å²) in [4.78, 5) is 28.0. The number of rotatable bonds is 8. The van der Waals surface area contributed by atoms with E-state index in [1.807, 2.05) is 19.9 Å². The van der Waals surface area contributed by atoms with Gasteiger partial charge in [-0.3, -0.25) is 14.5 Å². The van der Waals surface area contributed by atoms with E-state index < -0.39 is 5.92 Å². The van der Waals surface area contributed by atoms with Crippen molar-refractivity contribution in [2.75, 3.05) is 30.2 Å². The Morgan fingerprint density at radius 3 is 2.58 bits per heavy atom. The Morgan fingerprint density at radius 2 is 1.91 bits per heavy atom. The second-order valence-corrected chi connectivity index (χ2v) is 13.4. The zero-order valence-electron chi connectivity index (χ0n) is 23.9. The van der Waals surface area contributed by atoms with Gasteiger partial charge in [-0.15, -0.1) is 10.2 Å². The van der Waals surface area contributed by atoms with Gasteiger partial charge in [-0.05, 0) is 53.8 Å². The first-order valence-electron chi connectivity index (χ1n) is 13.2.